The maximum Gasteiger partial charge on any atom is 0.268 e. The van der Waals surface area contributed by atoms with Crippen molar-refractivity contribution in [2.45, 2.75) is 19.4 Å². The summed E-state index contributed by atoms with van der Waals surface area (Å²) in [5, 5.41) is 7.50. The second-order valence-corrected chi connectivity index (χ2v) is 6.57. The Morgan fingerprint density at radius 1 is 1.35 bits per heavy atom. The van der Waals surface area contributed by atoms with Gasteiger partial charge in [0, 0.05) is 27.2 Å². The zero-order valence-corrected chi connectivity index (χ0v) is 14.7. The third-order valence-electron chi connectivity index (χ3n) is 3.64. The molecule has 1 N–H and O–H groups in total. The first-order valence-electron chi connectivity index (χ1n) is 7.09. The highest BCUT2D eigenvalue weighted by Crippen LogP contribution is 2.25. The van der Waals surface area contributed by atoms with Gasteiger partial charge in [-0.25, -0.2) is 0 Å². The van der Waals surface area contributed by atoms with Crippen molar-refractivity contribution >= 4 is 44.8 Å². The van der Waals surface area contributed by atoms with Crippen LogP contribution in [0.1, 0.15) is 17.5 Å². The van der Waals surface area contributed by atoms with Gasteiger partial charge in [-0.15, -0.1) is 0 Å². The summed E-state index contributed by atoms with van der Waals surface area (Å²) < 4.78 is 0.958. The number of nitrogens with one attached hydrogen (secondary N) is 1. The van der Waals surface area contributed by atoms with Crippen LogP contribution in [0.25, 0.3) is 0 Å². The quantitative estimate of drug-likeness (QED) is 0.832. The zero-order valence-electron chi connectivity index (χ0n) is 12.3. The van der Waals surface area contributed by atoms with Gasteiger partial charge >= 0.3 is 0 Å². The van der Waals surface area contributed by atoms with Gasteiger partial charge in [0.2, 0.25) is 6.10 Å². The van der Waals surface area contributed by atoms with Crippen molar-refractivity contribution in [2.24, 2.45) is 5.16 Å². The molecule has 0 saturated carbocycles. The van der Waals surface area contributed by atoms with Crippen LogP contribution in [0.15, 0.2) is 52.1 Å². The van der Waals surface area contributed by atoms with Gasteiger partial charge in [-0.2, -0.15) is 0 Å². The molecule has 0 spiro atoms. The average Bonchev–Trinajstić information content (AvgIpc) is 3.02. The number of benzene rings is 2. The molecule has 23 heavy (non-hydrogen) atoms. The summed E-state index contributed by atoms with van der Waals surface area (Å²) in [6, 6.07) is 13.1. The normalized spacial score (nSPS) is 16.7. The third-order valence-corrected chi connectivity index (χ3v) is 4.55. The topological polar surface area (TPSA) is 50.7 Å². The van der Waals surface area contributed by atoms with E-state index in [4.69, 9.17) is 16.4 Å². The number of carbonyl (C=O) groups is 1. The van der Waals surface area contributed by atoms with Crippen LogP contribution in [0.4, 0.5) is 5.69 Å². The lowest BCUT2D eigenvalue weighted by molar-refractivity contribution is -0.125. The van der Waals surface area contributed by atoms with Crippen LogP contribution in [0.5, 0.6) is 0 Å². The SMILES string of the molecule is Cc1c(Cl)cccc1NC(=O)C1CC(c2cccc(Br)c2)=NO1. The van der Waals surface area contributed by atoms with Crippen LogP contribution < -0.4 is 5.32 Å². The molecule has 2 aromatic rings. The second-order valence-electron chi connectivity index (χ2n) is 5.25. The molecule has 1 aliphatic rings. The number of anilines is 1. The molecule has 2 aromatic carbocycles. The number of oxime groups is 1. The van der Waals surface area contributed by atoms with E-state index in [-0.39, 0.29) is 5.91 Å². The van der Waals surface area contributed by atoms with E-state index in [0.29, 0.717) is 17.1 Å². The molecule has 6 heteroatoms. The number of nitrogens with zero attached hydrogens (tertiary/aromatic N) is 1. The Labute approximate surface area is 147 Å². The molecule has 1 atom stereocenters. The van der Waals surface area contributed by atoms with Crippen LogP contribution >= 0.6 is 27.5 Å². The summed E-state index contributed by atoms with van der Waals surface area (Å²) >= 11 is 9.49. The largest absolute Gasteiger partial charge is 0.382 e. The Balaban J connectivity index is 1.68. The molecule has 1 heterocycles. The molecule has 0 radical (unpaired) electrons. The molecule has 3 rings (SSSR count). The summed E-state index contributed by atoms with van der Waals surface area (Å²) in [6.45, 7) is 1.86. The Kier molecular flexibility index (Phi) is 4.68. The van der Waals surface area contributed by atoms with Gasteiger partial charge in [0.25, 0.3) is 5.91 Å². The maximum absolute atomic E-state index is 12.4. The Morgan fingerprint density at radius 3 is 2.91 bits per heavy atom. The average molecular weight is 394 g/mol. The fourth-order valence-corrected chi connectivity index (χ4v) is 2.89. The molecule has 1 aliphatic heterocycles. The monoisotopic (exact) mass is 392 g/mol. The van der Waals surface area contributed by atoms with E-state index < -0.39 is 6.10 Å². The highest BCUT2D eigenvalue weighted by Gasteiger charge is 2.29. The Bertz CT molecular complexity index is 792. The molecule has 118 valence electrons. The molecule has 0 fully saturated rings. The van der Waals surface area contributed by atoms with Gasteiger partial charge in [0.1, 0.15) is 0 Å². The van der Waals surface area contributed by atoms with Crippen molar-refractivity contribution in [3.8, 4) is 0 Å². The Morgan fingerprint density at radius 2 is 2.13 bits per heavy atom. The number of hydrogen-bond donors (Lipinski definition) is 1. The van der Waals surface area contributed by atoms with Crippen molar-refractivity contribution in [2.75, 3.05) is 5.32 Å². The summed E-state index contributed by atoms with van der Waals surface area (Å²) in [4.78, 5) is 17.7. The lowest BCUT2D eigenvalue weighted by Crippen LogP contribution is -2.28. The molecule has 0 aromatic heterocycles. The number of halogens is 2. The molecule has 4 nitrogen and oxygen atoms in total. The fourth-order valence-electron chi connectivity index (χ4n) is 2.31. The second kappa shape index (κ2) is 6.72. The van der Waals surface area contributed by atoms with Crippen molar-refractivity contribution < 1.29 is 9.63 Å². The van der Waals surface area contributed by atoms with Gasteiger partial charge in [0.05, 0.1) is 5.71 Å². The summed E-state index contributed by atoms with van der Waals surface area (Å²) in [7, 11) is 0. The van der Waals surface area contributed by atoms with Gasteiger partial charge in [-0.05, 0) is 36.8 Å². The van der Waals surface area contributed by atoms with E-state index >= 15 is 0 Å². The van der Waals surface area contributed by atoms with Crippen molar-refractivity contribution in [1.82, 2.24) is 0 Å². The lowest BCUT2D eigenvalue weighted by Gasteiger charge is -2.12. The standard InChI is InChI=1S/C17H14BrClN2O2/c1-10-13(19)6-3-7-14(10)20-17(22)16-9-15(21-23-16)11-4-2-5-12(18)8-11/h2-8,16H,9H2,1H3,(H,20,22). The zero-order chi connectivity index (χ0) is 16.4. The van der Waals surface area contributed by atoms with Gasteiger partial charge in [-0.3, -0.25) is 4.79 Å². The van der Waals surface area contributed by atoms with E-state index in [1.165, 1.54) is 0 Å². The van der Waals surface area contributed by atoms with E-state index in [1.54, 1.807) is 12.1 Å². The summed E-state index contributed by atoms with van der Waals surface area (Å²) in [5.74, 6) is -0.232. The van der Waals surface area contributed by atoms with Gasteiger partial charge in [-0.1, -0.05) is 50.9 Å². The van der Waals surface area contributed by atoms with E-state index in [0.717, 1.165) is 21.3 Å². The molecule has 0 saturated heterocycles. The van der Waals surface area contributed by atoms with E-state index in [9.17, 15) is 4.79 Å². The van der Waals surface area contributed by atoms with Crippen LogP contribution in [0.2, 0.25) is 5.02 Å². The third kappa shape index (κ3) is 3.57. The smallest absolute Gasteiger partial charge is 0.268 e. The molecule has 1 amide bonds. The van der Waals surface area contributed by atoms with Crippen molar-refractivity contribution in [3.05, 3.63) is 63.1 Å². The fraction of sp³-hybridized carbons (Fsp3) is 0.176. The van der Waals surface area contributed by atoms with Crippen LogP contribution in [0, 0.1) is 6.92 Å². The molecular formula is C17H14BrClN2O2. The van der Waals surface area contributed by atoms with Crippen LogP contribution in [-0.2, 0) is 9.63 Å². The van der Waals surface area contributed by atoms with Crippen molar-refractivity contribution in [3.63, 3.8) is 0 Å². The highest BCUT2D eigenvalue weighted by atomic mass is 79.9. The number of amides is 1. The molecule has 0 bridgehead atoms. The predicted molar refractivity (Wildman–Crippen MR) is 95.0 cm³/mol. The summed E-state index contributed by atoms with van der Waals surface area (Å²) in [5.41, 5.74) is 3.21. The first kappa shape index (κ1) is 16.0. The van der Waals surface area contributed by atoms with Gasteiger partial charge in [0.15, 0.2) is 0 Å². The lowest BCUT2D eigenvalue weighted by atomic mass is 10.0. The first-order chi connectivity index (χ1) is 11.0. The predicted octanol–water partition coefficient (Wildman–Crippen LogP) is 4.54. The van der Waals surface area contributed by atoms with E-state index in [2.05, 4.69) is 26.4 Å². The van der Waals surface area contributed by atoms with Crippen LogP contribution in [-0.4, -0.2) is 17.7 Å². The molecule has 0 aliphatic carbocycles. The summed E-state index contributed by atoms with van der Waals surface area (Å²) in [6.07, 6.45) is -0.204. The maximum atomic E-state index is 12.4. The van der Waals surface area contributed by atoms with E-state index in [1.807, 2.05) is 37.3 Å². The minimum absolute atomic E-state index is 0.232. The van der Waals surface area contributed by atoms with Crippen molar-refractivity contribution in [1.29, 1.82) is 0 Å². The Hall–Kier alpha value is -1.85. The highest BCUT2D eigenvalue weighted by molar-refractivity contribution is 9.10. The number of rotatable bonds is 3. The molecular weight excluding hydrogens is 380 g/mol. The van der Waals surface area contributed by atoms with Gasteiger partial charge < -0.3 is 10.2 Å². The first-order valence-corrected chi connectivity index (χ1v) is 8.26. The van der Waals surface area contributed by atoms with Crippen LogP contribution in [0.3, 0.4) is 0 Å². The molecule has 1 unspecified atom stereocenters. The number of carbonyl (C=O) groups excluding carboxylic acids is 1. The minimum Gasteiger partial charge on any atom is -0.382 e. The minimum atomic E-state index is -0.637. The number of hydrogen-bond acceptors (Lipinski definition) is 3.